The minimum Gasteiger partial charge on any atom is -0.508 e. The van der Waals surface area contributed by atoms with E-state index < -0.39 is 0 Å². The van der Waals surface area contributed by atoms with Gasteiger partial charge in [-0.3, -0.25) is 9.59 Å². The molecule has 0 radical (unpaired) electrons. The summed E-state index contributed by atoms with van der Waals surface area (Å²) in [6.45, 7) is 4.14. The number of carbonyl (C=O) groups excluding carboxylic acids is 2. The SMILES string of the molecule is CCCCCc1oc2cc(CC(=O)CCCC)c(O)cc2c1C(=O)c1cc(Br)c(O)c(Br)c1. The number of ketones is 2. The summed E-state index contributed by atoms with van der Waals surface area (Å²) in [6.07, 6.45) is 5.86. The molecular weight excluding hydrogens is 552 g/mol. The Morgan fingerprint density at radius 2 is 1.61 bits per heavy atom. The van der Waals surface area contributed by atoms with Crippen LogP contribution in [0.25, 0.3) is 11.0 Å². The van der Waals surface area contributed by atoms with E-state index in [-0.39, 0.29) is 29.5 Å². The summed E-state index contributed by atoms with van der Waals surface area (Å²) < 4.78 is 6.91. The zero-order valence-electron chi connectivity index (χ0n) is 18.8. The van der Waals surface area contributed by atoms with Crippen molar-refractivity contribution in [3.8, 4) is 11.5 Å². The van der Waals surface area contributed by atoms with Crippen molar-refractivity contribution in [3.63, 3.8) is 0 Å². The molecule has 2 aromatic carbocycles. The first kappa shape index (κ1) is 25.5. The lowest BCUT2D eigenvalue weighted by Gasteiger charge is -2.07. The molecule has 0 fully saturated rings. The number of fused-ring (bicyclic) bond motifs is 1. The Labute approximate surface area is 210 Å². The third kappa shape index (κ3) is 5.87. The van der Waals surface area contributed by atoms with Gasteiger partial charge < -0.3 is 14.6 Å². The van der Waals surface area contributed by atoms with E-state index in [1.165, 1.54) is 6.07 Å². The molecule has 176 valence electrons. The highest BCUT2D eigenvalue weighted by Crippen LogP contribution is 2.37. The number of aromatic hydroxyl groups is 2. The van der Waals surface area contributed by atoms with Gasteiger partial charge in [0.1, 0.15) is 28.6 Å². The number of unbranched alkanes of at least 4 members (excludes halogenated alkanes) is 3. The summed E-state index contributed by atoms with van der Waals surface area (Å²) in [7, 11) is 0. The number of halogens is 2. The summed E-state index contributed by atoms with van der Waals surface area (Å²) in [5, 5.41) is 21.2. The average Bonchev–Trinajstić information content (AvgIpc) is 3.12. The lowest BCUT2D eigenvalue weighted by molar-refractivity contribution is -0.118. The van der Waals surface area contributed by atoms with E-state index in [1.807, 2.05) is 6.92 Å². The van der Waals surface area contributed by atoms with E-state index in [1.54, 1.807) is 18.2 Å². The van der Waals surface area contributed by atoms with Crippen molar-refractivity contribution in [2.24, 2.45) is 0 Å². The molecule has 0 aliphatic rings. The van der Waals surface area contributed by atoms with Gasteiger partial charge in [0.15, 0.2) is 5.78 Å². The summed E-state index contributed by atoms with van der Waals surface area (Å²) >= 11 is 6.56. The second kappa shape index (κ2) is 11.3. The van der Waals surface area contributed by atoms with Crippen molar-refractivity contribution in [2.75, 3.05) is 0 Å². The normalized spacial score (nSPS) is 11.3. The Balaban J connectivity index is 2.07. The second-order valence-electron chi connectivity index (χ2n) is 8.27. The van der Waals surface area contributed by atoms with Crippen molar-refractivity contribution in [2.45, 2.75) is 65.2 Å². The van der Waals surface area contributed by atoms with Crippen molar-refractivity contribution >= 4 is 54.4 Å². The van der Waals surface area contributed by atoms with Crippen LogP contribution in [0.4, 0.5) is 0 Å². The zero-order valence-corrected chi connectivity index (χ0v) is 22.0. The number of carbonyl (C=O) groups is 2. The van der Waals surface area contributed by atoms with E-state index >= 15 is 0 Å². The Morgan fingerprint density at radius 1 is 0.939 bits per heavy atom. The van der Waals surface area contributed by atoms with Crippen LogP contribution in [0.5, 0.6) is 11.5 Å². The number of furan rings is 1. The van der Waals surface area contributed by atoms with Gasteiger partial charge in [-0.05, 0) is 69.0 Å². The number of rotatable bonds is 11. The highest BCUT2D eigenvalue weighted by atomic mass is 79.9. The van der Waals surface area contributed by atoms with Gasteiger partial charge in [-0.25, -0.2) is 0 Å². The van der Waals surface area contributed by atoms with Crippen LogP contribution in [-0.4, -0.2) is 21.8 Å². The minimum absolute atomic E-state index is 0.0156. The van der Waals surface area contributed by atoms with Crippen molar-refractivity contribution in [1.82, 2.24) is 0 Å². The summed E-state index contributed by atoms with van der Waals surface area (Å²) in [5.74, 6) is 0.374. The van der Waals surface area contributed by atoms with Gasteiger partial charge >= 0.3 is 0 Å². The number of Topliss-reactive ketones (excluding diaryl/α,β-unsaturated/α-hetero) is 1. The molecule has 0 amide bonds. The first-order valence-electron chi connectivity index (χ1n) is 11.3. The Hall–Kier alpha value is -2.12. The van der Waals surface area contributed by atoms with Gasteiger partial charge in [-0.1, -0.05) is 33.1 Å². The van der Waals surface area contributed by atoms with Crippen LogP contribution < -0.4 is 0 Å². The monoisotopic (exact) mass is 578 g/mol. The summed E-state index contributed by atoms with van der Waals surface area (Å²) in [5.41, 5.74) is 1.78. The van der Waals surface area contributed by atoms with Crippen LogP contribution in [0.3, 0.4) is 0 Å². The van der Waals surface area contributed by atoms with Crippen molar-refractivity contribution < 1.29 is 24.2 Å². The van der Waals surface area contributed by atoms with E-state index in [0.717, 1.165) is 32.1 Å². The van der Waals surface area contributed by atoms with E-state index in [0.29, 0.717) is 55.2 Å². The van der Waals surface area contributed by atoms with E-state index in [2.05, 4.69) is 38.8 Å². The predicted octanol–water partition coefficient (Wildman–Crippen LogP) is 7.63. The highest BCUT2D eigenvalue weighted by molar-refractivity contribution is 9.11. The Morgan fingerprint density at radius 3 is 2.24 bits per heavy atom. The molecule has 1 heterocycles. The quantitative estimate of drug-likeness (QED) is 0.180. The maximum atomic E-state index is 13.6. The second-order valence-corrected chi connectivity index (χ2v) is 9.98. The molecule has 2 N–H and O–H groups in total. The molecule has 3 rings (SSSR count). The smallest absolute Gasteiger partial charge is 0.197 e. The topological polar surface area (TPSA) is 87.7 Å². The van der Waals surface area contributed by atoms with Gasteiger partial charge in [0.05, 0.1) is 14.5 Å². The third-order valence-electron chi connectivity index (χ3n) is 5.67. The molecule has 3 aromatic rings. The fraction of sp³-hybridized carbons (Fsp3) is 0.385. The molecule has 5 nitrogen and oxygen atoms in total. The van der Waals surface area contributed by atoms with Gasteiger partial charge in [0.2, 0.25) is 0 Å². The van der Waals surface area contributed by atoms with E-state index in [9.17, 15) is 19.8 Å². The van der Waals surface area contributed by atoms with Gasteiger partial charge in [0, 0.05) is 35.8 Å². The molecule has 7 heteroatoms. The fourth-order valence-electron chi connectivity index (χ4n) is 3.84. The first-order valence-corrected chi connectivity index (χ1v) is 12.9. The molecule has 0 bridgehead atoms. The van der Waals surface area contributed by atoms with Crippen LogP contribution in [0.15, 0.2) is 37.6 Å². The van der Waals surface area contributed by atoms with Gasteiger partial charge in [0.25, 0.3) is 0 Å². The van der Waals surface area contributed by atoms with E-state index in [4.69, 9.17) is 4.42 Å². The number of phenolic OH excluding ortho intramolecular Hbond substituents is 2. The van der Waals surface area contributed by atoms with Crippen molar-refractivity contribution in [1.29, 1.82) is 0 Å². The number of phenols is 2. The number of aryl methyl sites for hydroxylation is 1. The molecule has 0 saturated heterocycles. The summed E-state index contributed by atoms with van der Waals surface area (Å²) in [6, 6.07) is 6.34. The molecule has 0 spiro atoms. The molecule has 0 aliphatic heterocycles. The average molecular weight is 580 g/mol. The molecular formula is C26H28Br2O5. The van der Waals surface area contributed by atoms with Crippen LogP contribution in [0.2, 0.25) is 0 Å². The molecule has 1 aromatic heterocycles. The van der Waals surface area contributed by atoms with Crippen LogP contribution in [0, 0.1) is 0 Å². The zero-order chi connectivity index (χ0) is 24.1. The third-order valence-corrected chi connectivity index (χ3v) is 6.88. The Bertz CT molecular complexity index is 1160. The van der Waals surface area contributed by atoms with Crippen molar-refractivity contribution in [3.05, 3.63) is 55.7 Å². The predicted molar refractivity (Wildman–Crippen MR) is 136 cm³/mol. The first-order chi connectivity index (χ1) is 15.8. The molecule has 33 heavy (non-hydrogen) atoms. The standard InChI is InChI=1S/C26H28Br2O5/c1-3-5-7-9-22-24(25(31)16-11-19(27)26(32)20(28)12-16)18-14-21(30)15(13-23(18)33-22)10-17(29)8-6-4-2/h11-14,30,32H,3-10H2,1-2H3. The maximum Gasteiger partial charge on any atom is 0.197 e. The number of benzene rings is 2. The van der Waals surface area contributed by atoms with Gasteiger partial charge in [-0.2, -0.15) is 0 Å². The maximum absolute atomic E-state index is 13.6. The number of hydrogen-bond acceptors (Lipinski definition) is 5. The van der Waals surface area contributed by atoms with Crippen LogP contribution in [0.1, 0.15) is 79.6 Å². The molecule has 0 saturated carbocycles. The largest absolute Gasteiger partial charge is 0.508 e. The fourth-order valence-corrected chi connectivity index (χ4v) is 5.03. The number of hydrogen-bond donors (Lipinski definition) is 2. The lowest BCUT2D eigenvalue weighted by atomic mass is 9.96. The molecule has 0 aliphatic carbocycles. The Kier molecular flexibility index (Phi) is 8.76. The highest BCUT2D eigenvalue weighted by Gasteiger charge is 2.25. The molecule has 0 unspecified atom stereocenters. The lowest BCUT2D eigenvalue weighted by Crippen LogP contribution is -2.05. The van der Waals surface area contributed by atoms with Gasteiger partial charge in [-0.15, -0.1) is 0 Å². The van der Waals surface area contributed by atoms with Crippen LogP contribution in [-0.2, 0) is 17.6 Å². The minimum atomic E-state index is -0.257. The molecule has 0 atom stereocenters. The van der Waals surface area contributed by atoms with Crippen LogP contribution >= 0.6 is 31.9 Å². The summed E-state index contributed by atoms with van der Waals surface area (Å²) in [4.78, 5) is 25.8.